The zero-order valence-corrected chi connectivity index (χ0v) is 11.6. The van der Waals surface area contributed by atoms with Gasteiger partial charge in [-0.05, 0) is 15.9 Å². The van der Waals surface area contributed by atoms with Gasteiger partial charge in [0, 0.05) is 27.1 Å². The van der Waals surface area contributed by atoms with Gasteiger partial charge >= 0.3 is 0 Å². The SMILES string of the molecule is CNC(=O)CCN(C)c1ncc(Br)c(OC)n1. The van der Waals surface area contributed by atoms with Crippen LogP contribution in [0, 0.1) is 0 Å². The molecule has 0 bridgehead atoms. The van der Waals surface area contributed by atoms with Gasteiger partial charge in [0.05, 0.1) is 17.8 Å². The number of halogens is 1. The zero-order valence-electron chi connectivity index (χ0n) is 10.0. The van der Waals surface area contributed by atoms with E-state index in [0.29, 0.717) is 29.3 Å². The van der Waals surface area contributed by atoms with Gasteiger partial charge in [0.2, 0.25) is 17.7 Å². The summed E-state index contributed by atoms with van der Waals surface area (Å²) in [5.41, 5.74) is 0. The number of amides is 1. The lowest BCUT2D eigenvalue weighted by Gasteiger charge is -2.16. The summed E-state index contributed by atoms with van der Waals surface area (Å²) < 4.78 is 5.78. The lowest BCUT2D eigenvalue weighted by molar-refractivity contribution is -0.120. The first-order chi connectivity index (χ1) is 8.08. The van der Waals surface area contributed by atoms with E-state index in [9.17, 15) is 4.79 Å². The fourth-order valence-electron chi connectivity index (χ4n) is 1.16. The number of hydrogen-bond donors (Lipinski definition) is 1. The number of aromatic nitrogens is 2. The van der Waals surface area contributed by atoms with Gasteiger partial charge in [-0.1, -0.05) is 0 Å². The minimum absolute atomic E-state index is 0.0130. The summed E-state index contributed by atoms with van der Waals surface area (Å²) in [5.74, 6) is 0.983. The van der Waals surface area contributed by atoms with E-state index < -0.39 is 0 Å². The molecule has 0 spiro atoms. The highest BCUT2D eigenvalue weighted by atomic mass is 79.9. The Hall–Kier alpha value is -1.37. The summed E-state index contributed by atoms with van der Waals surface area (Å²) in [6.07, 6.45) is 2.02. The van der Waals surface area contributed by atoms with Gasteiger partial charge in [0.15, 0.2) is 0 Å². The van der Waals surface area contributed by atoms with E-state index in [-0.39, 0.29) is 5.91 Å². The fourth-order valence-corrected chi connectivity index (χ4v) is 1.52. The number of carbonyl (C=O) groups is 1. The molecule has 0 saturated heterocycles. The molecule has 94 valence electrons. The lowest BCUT2D eigenvalue weighted by Crippen LogP contribution is -2.27. The molecule has 0 aliphatic carbocycles. The zero-order chi connectivity index (χ0) is 12.8. The van der Waals surface area contributed by atoms with Crippen molar-refractivity contribution in [2.75, 3.05) is 32.6 Å². The molecular formula is C10H15BrN4O2. The molecule has 0 aliphatic heterocycles. The van der Waals surface area contributed by atoms with Crippen LogP contribution in [0.15, 0.2) is 10.7 Å². The van der Waals surface area contributed by atoms with Crippen LogP contribution >= 0.6 is 15.9 Å². The Bertz CT molecular complexity index is 400. The van der Waals surface area contributed by atoms with Gasteiger partial charge in [-0.15, -0.1) is 0 Å². The number of hydrogen-bond acceptors (Lipinski definition) is 5. The van der Waals surface area contributed by atoms with E-state index in [1.54, 1.807) is 25.3 Å². The second kappa shape index (κ2) is 6.39. The topological polar surface area (TPSA) is 67.4 Å². The van der Waals surface area contributed by atoms with Crippen molar-refractivity contribution < 1.29 is 9.53 Å². The highest BCUT2D eigenvalue weighted by molar-refractivity contribution is 9.10. The van der Waals surface area contributed by atoms with Crippen LogP contribution in [0.3, 0.4) is 0 Å². The predicted molar refractivity (Wildman–Crippen MR) is 68.2 cm³/mol. The maximum absolute atomic E-state index is 11.1. The van der Waals surface area contributed by atoms with E-state index in [4.69, 9.17) is 4.74 Å². The Morgan fingerprint density at radius 1 is 1.65 bits per heavy atom. The van der Waals surface area contributed by atoms with Gasteiger partial charge in [-0.3, -0.25) is 4.79 Å². The van der Waals surface area contributed by atoms with Gasteiger partial charge in [-0.25, -0.2) is 4.98 Å². The number of ether oxygens (including phenoxy) is 1. The lowest BCUT2D eigenvalue weighted by atomic mass is 10.4. The Kier molecular flexibility index (Phi) is 5.14. The molecule has 1 N–H and O–H groups in total. The Morgan fingerprint density at radius 3 is 2.94 bits per heavy atom. The van der Waals surface area contributed by atoms with Crippen LogP contribution in [0.25, 0.3) is 0 Å². The normalized spacial score (nSPS) is 9.88. The van der Waals surface area contributed by atoms with Gasteiger partial charge in [0.25, 0.3) is 0 Å². The molecule has 0 saturated carbocycles. The Morgan fingerprint density at radius 2 is 2.35 bits per heavy atom. The van der Waals surface area contributed by atoms with Crippen molar-refractivity contribution in [3.63, 3.8) is 0 Å². The Labute approximate surface area is 109 Å². The van der Waals surface area contributed by atoms with E-state index in [1.165, 1.54) is 0 Å². The number of nitrogens with zero attached hydrogens (tertiary/aromatic N) is 3. The van der Waals surface area contributed by atoms with Crippen molar-refractivity contribution >= 4 is 27.8 Å². The average Bonchev–Trinajstić information content (AvgIpc) is 2.35. The molecule has 1 rings (SSSR count). The van der Waals surface area contributed by atoms with Crippen LogP contribution in [0.5, 0.6) is 5.88 Å². The van der Waals surface area contributed by atoms with Crippen LogP contribution in [0.1, 0.15) is 6.42 Å². The van der Waals surface area contributed by atoms with E-state index in [1.807, 2.05) is 7.05 Å². The molecule has 6 nitrogen and oxygen atoms in total. The number of nitrogens with one attached hydrogen (secondary N) is 1. The highest BCUT2D eigenvalue weighted by Crippen LogP contribution is 2.22. The molecule has 0 aliphatic rings. The molecule has 0 unspecified atom stereocenters. The molecule has 1 aromatic rings. The third kappa shape index (κ3) is 3.85. The summed E-state index contributed by atoms with van der Waals surface area (Å²) in [6.45, 7) is 0.546. The summed E-state index contributed by atoms with van der Waals surface area (Å²) in [7, 11) is 4.98. The van der Waals surface area contributed by atoms with Gasteiger partial charge in [0.1, 0.15) is 0 Å². The molecule has 1 amide bonds. The minimum atomic E-state index is -0.0130. The second-order valence-electron chi connectivity index (χ2n) is 3.37. The van der Waals surface area contributed by atoms with Crippen LogP contribution in [-0.4, -0.2) is 43.6 Å². The maximum atomic E-state index is 11.1. The van der Waals surface area contributed by atoms with E-state index in [2.05, 4.69) is 31.2 Å². The maximum Gasteiger partial charge on any atom is 0.232 e. The molecule has 7 heteroatoms. The molecule has 0 radical (unpaired) electrons. The third-order valence-corrected chi connectivity index (χ3v) is 2.73. The fraction of sp³-hybridized carbons (Fsp3) is 0.500. The molecule has 0 fully saturated rings. The number of rotatable bonds is 5. The van der Waals surface area contributed by atoms with Crippen LogP contribution < -0.4 is 15.0 Å². The summed E-state index contributed by atoms with van der Waals surface area (Å²) in [4.78, 5) is 21.3. The van der Waals surface area contributed by atoms with Crippen molar-refractivity contribution in [1.29, 1.82) is 0 Å². The van der Waals surface area contributed by atoms with Crippen LogP contribution in [-0.2, 0) is 4.79 Å². The van der Waals surface area contributed by atoms with Crippen molar-refractivity contribution in [1.82, 2.24) is 15.3 Å². The molecule has 1 aromatic heterocycles. The standard InChI is InChI=1S/C10H15BrN4O2/c1-12-8(16)4-5-15(2)10-13-6-7(11)9(14-10)17-3/h6H,4-5H2,1-3H3,(H,12,16). The quantitative estimate of drug-likeness (QED) is 0.872. The van der Waals surface area contributed by atoms with Crippen molar-refractivity contribution in [2.24, 2.45) is 0 Å². The molecule has 0 atom stereocenters. The molecule has 1 heterocycles. The van der Waals surface area contributed by atoms with Crippen molar-refractivity contribution in [3.8, 4) is 5.88 Å². The van der Waals surface area contributed by atoms with Crippen LogP contribution in [0.4, 0.5) is 5.95 Å². The summed E-state index contributed by atoms with van der Waals surface area (Å²) >= 11 is 3.28. The first kappa shape index (κ1) is 13.7. The van der Waals surface area contributed by atoms with Crippen molar-refractivity contribution in [2.45, 2.75) is 6.42 Å². The number of anilines is 1. The second-order valence-corrected chi connectivity index (χ2v) is 4.23. The molecule has 0 aromatic carbocycles. The van der Waals surface area contributed by atoms with Crippen LogP contribution in [0.2, 0.25) is 0 Å². The first-order valence-corrected chi connectivity index (χ1v) is 5.86. The third-order valence-electron chi connectivity index (χ3n) is 2.19. The number of carbonyl (C=O) groups excluding carboxylic acids is 1. The predicted octanol–water partition coefficient (Wildman–Crippen LogP) is 0.820. The number of methoxy groups -OCH3 is 1. The first-order valence-electron chi connectivity index (χ1n) is 5.06. The van der Waals surface area contributed by atoms with Gasteiger partial charge in [-0.2, -0.15) is 4.98 Å². The van der Waals surface area contributed by atoms with Gasteiger partial charge < -0.3 is 15.0 Å². The highest BCUT2D eigenvalue weighted by Gasteiger charge is 2.10. The summed E-state index contributed by atoms with van der Waals surface area (Å²) in [5, 5.41) is 2.56. The smallest absolute Gasteiger partial charge is 0.232 e. The Balaban J connectivity index is 2.68. The van der Waals surface area contributed by atoms with E-state index in [0.717, 1.165) is 0 Å². The largest absolute Gasteiger partial charge is 0.480 e. The summed E-state index contributed by atoms with van der Waals surface area (Å²) in [6, 6.07) is 0. The molecule has 17 heavy (non-hydrogen) atoms. The minimum Gasteiger partial charge on any atom is -0.480 e. The monoisotopic (exact) mass is 302 g/mol. The van der Waals surface area contributed by atoms with E-state index >= 15 is 0 Å². The average molecular weight is 303 g/mol. The van der Waals surface area contributed by atoms with Crippen molar-refractivity contribution in [3.05, 3.63) is 10.7 Å². The molecular weight excluding hydrogens is 288 g/mol.